The molecule has 0 unspecified atom stereocenters. The van der Waals surface area contributed by atoms with Crippen LogP contribution in [-0.2, 0) is 6.42 Å². The maximum Gasteiger partial charge on any atom is 0.204 e. The molecule has 2 rings (SSSR count). The van der Waals surface area contributed by atoms with Gasteiger partial charge in [-0.25, -0.2) is 0 Å². The van der Waals surface area contributed by atoms with Crippen molar-refractivity contribution in [2.75, 3.05) is 28.4 Å². The Bertz CT molecular complexity index is 871. The van der Waals surface area contributed by atoms with Crippen LogP contribution in [0.25, 0.3) is 0 Å². The van der Waals surface area contributed by atoms with E-state index in [4.69, 9.17) is 18.9 Å². The predicted octanol–water partition coefficient (Wildman–Crippen LogP) is 3.11. The van der Waals surface area contributed by atoms with Gasteiger partial charge in [0.15, 0.2) is 28.8 Å². The van der Waals surface area contributed by atoms with Crippen LogP contribution in [0.1, 0.15) is 15.9 Å². The predicted molar refractivity (Wildman–Crippen MR) is 99.6 cm³/mol. The number of phenols is 2. The van der Waals surface area contributed by atoms with Gasteiger partial charge in [-0.05, 0) is 23.3 Å². The summed E-state index contributed by atoms with van der Waals surface area (Å²) >= 11 is 0. The van der Waals surface area contributed by atoms with E-state index in [-0.39, 0.29) is 46.3 Å². The lowest BCUT2D eigenvalue weighted by Gasteiger charge is -2.17. The van der Waals surface area contributed by atoms with Crippen LogP contribution in [0.4, 0.5) is 0 Å². The van der Waals surface area contributed by atoms with Crippen molar-refractivity contribution in [2.24, 2.45) is 0 Å². The Balaban J connectivity index is 2.39. The number of rotatable bonds is 8. The van der Waals surface area contributed by atoms with E-state index in [0.29, 0.717) is 11.3 Å². The van der Waals surface area contributed by atoms with Gasteiger partial charge < -0.3 is 29.2 Å². The number of hydrogen-bond acceptors (Lipinski definition) is 7. The molecule has 0 amide bonds. The number of hydrogen-bond donors (Lipinski definition) is 2. The van der Waals surface area contributed by atoms with Gasteiger partial charge in [0.1, 0.15) is 11.3 Å². The lowest BCUT2D eigenvalue weighted by molar-refractivity contribution is 0.102. The second-order valence-corrected chi connectivity index (χ2v) is 5.66. The number of benzene rings is 2. The highest BCUT2D eigenvalue weighted by Gasteiger charge is 2.27. The normalized spacial score (nSPS) is 10.2. The first-order valence-corrected chi connectivity index (χ1v) is 7.98. The van der Waals surface area contributed by atoms with Gasteiger partial charge in [-0.2, -0.15) is 0 Å². The fraction of sp³-hybridized carbons (Fsp3) is 0.250. The Morgan fingerprint density at radius 2 is 1.52 bits per heavy atom. The number of carbonyl (C=O) groups excluding carboxylic acids is 1. The Morgan fingerprint density at radius 1 is 0.889 bits per heavy atom. The number of allylic oxidation sites excluding steroid dienone is 1. The SMILES string of the molecule is C=C(Cc1ccc(OC)c(O)c1)C(=O)c1c(O)cc(OC)c(OC)c1OC. The summed E-state index contributed by atoms with van der Waals surface area (Å²) in [6.07, 6.45) is 0.160. The smallest absolute Gasteiger partial charge is 0.204 e. The number of ether oxygens (including phenoxy) is 4. The summed E-state index contributed by atoms with van der Waals surface area (Å²) in [7, 11) is 5.62. The molecule has 0 aromatic heterocycles. The van der Waals surface area contributed by atoms with Gasteiger partial charge in [0.25, 0.3) is 0 Å². The molecule has 0 saturated carbocycles. The summed E-state index contributed by atoms with van der Waals surface area (Å²) in [6, 6.07) is 6.07. The third kappa shape index (κ3) is 3.92. The molecule has 0 saturated heterocycles. The highest BCUT2D eigenvalue weighted by Crippen LogP contribution is 2.45. The summed E-state index contributed by atoms with van der Waals surface area (Å²) in [5, 5.41) is 20.2. The van der Waals surface area contributed by atoms with E-state index in [0.717, 1.165) is 0 Å². The van der Waals surface area contributed by atoms with E-state index in [9.17, 15) is 15.0 Å². The van der Waals surface area contributed by atoms with Crippen molar-refractivity contribution < 1.29 is 34.0 Å². The van der Waals surface area contributed by atoms with Crippen LogP contribution in [0, 0.1) is 0 Å². The van der Waals surface area contributed by atoms with Gasteiger partial charge in [-0.3, -0.25) is 4.79 Å². The summed E-state index contributed by atoms with van der Waals surface area (Å²) in [5.74, 6) is -0.0614. The number of ketones is 1. The largest absolute Gasteiger partial charge is 0.507 e. The van der Waals surface area contributed by atoms with Gasteiger partial charge in [-0.1, -0.05) is 12.6 Å². The Kier molecular flexibility index (Phi) is 6.18. The lowest BCUT2D eigenvalue weighted by atomic mass is 9.96. The molecule has 7 nitrogen and oxygen atoms in total. The van der Waals surface area contributed by atoms with Crippen LogP contribution < -0.4 is 18.9 Å². The summed E-state index contributed by atoms with van der Waals surface area (Å²) in [6.45, 7) is 3.81. The van der Waals surface area contributed by atoms with Gasteiger partial charge in [0.2, 0.25) is 5.75 Å². The van der Waals surface area contributed by atoms with E-state index in [2.05, 4.69) is 6.58 Å². The van der Waals surface area contributed by atoms with Crippen molar-refractivity contribution in [2.45, 2.75) is 6.42 Å². The molecule has 0 spiro atoms. The van der Waals surface area contributed by atoms with Crippen molar-refractivity contribution in [3.8, 4) is 34.5 Å². The van der Waals surface area contributed by atoms with Gasteiger partial charge >= 0.3 is 0 Å². The zero-order valence-corrected chi connectivity index (χ0v) is 15.7. The third-order valence-corrected chi connectivity index (χ3v) is 4.02. The van der Waals surface area contributed by atoms with Crippen LogP contribution in [0.5, 0.6) is 34.5 Å². The highest BCUT2D eigenvalue weighted by atomic mass is 16.5. The Morgan fingerprint density at radius 3 is 2.04 bits per heavy atom. The van der Waals surface area contributed by atoms with Crippen LogP contribution in [0.2, 0.25) is 0 Å². The van der Waals surface area contributed by atoms with Crippen LogP contribution in [0.3, 0.4) is 0 Å². The monoisotopic (exact) mass is 374 g/mol. The molecule has 27 heavy (non-hydrogen) atoms. The second-order valence-electron chi connectivity index (χ2n) is 5.66. The quantitative estimate of drug-likeness (QED) is 0.541. The minimum atomic E-state index is -0.513. The minimum Gasteiger partial charge on any atom is -0.507 e. The second kappa shape index (κ2) is 8.35. The standard InChI is InChI=1S/C20H22O7/c1-11(8-12-6-7-15(24-2)13(21)9-12)18(23)17-14(22)10-16(25-3)19(26-4)20(17)27-5/h6-7,9-10,21-22H,1,8H2,2-5H3. The summed E-state index contributed by atoms with van der Waals surface area (Å²) in [5.41, 5.74) is 0.781. The molecular formula is C20H22O7. The zero-order chi connectivity index (χ0) is 20.1. The summed E-state index contributed by atoms with van der Waals surface area (Å²) in [4.78, 5) is 12.9. The molecule has 2 aromatic carbocycles. The molecule has 0 aliphatic rings. The number of phenolic OH excluding ortho intramolecular Hbond substituents is 2. The lowest BCUT2D eigenvalue weighted by Crippen LogP contribution is -2.09. The minimum absolute atomic E-state index is 0.0400. The average molecular weight is 374 g/mol. The zero-order valence-electron chi connectivity index (χ0n) is 15.7. The van der Waals surface area contributed by atoms with E-state index in [1.54, 1.807) is 12.1 Å². The molecule has 0 bridgehead atoms. The fourth-order valence-corrected chi connectivity index (χ4v) is 2.71. The van der Waals surface area contributed by atoms with Crippen molar-refractivity contribution in [1.82, 2.24) is 0 Å². The fourth-order valence-electron chi connectivity index (χ4n) is 2.71. The molecule has 0 fully saturated rings. The van der Waals surface area contributed by atoms with E-state index < -0.39 is 5.78 Å². The molecule has 0 atom stereocenters. The van der Waals surface area contributed by atoms with Gasteiger partial charge in [-0.15, -0.1) is 0 Å². The first-order valence-electron chi connectivity index (χ1n) is 7.98. The van der Waals surface area contributed by atoms with Crippen molar-refractivity contribution in [3.05, 3.63) is 47.5 Å². The van der Waals surface area contributed by atoms with Crippen LogP contribution in [-0.4, -0.2) is 44.4 Å². The number of methoxy groups -OCH3 is 4. The van der Waals surface area contributed by atoms with Gasteiger partial charge in [0.05, 0.1) is 28.4 Å². The topological polar surface area (TPSA) is 94.5 Å². The molecule has 2 aromatic rings. The van der Waals surface area contributed by atoms with E-state index in [1.165, 1.54) is 40.6 Å². The Labute approximate surface area is 157 Å². The maximum atomic E-state index is 12.9. The number of carbonyl (C=O) groups is 1. The Hall–Kier alpha value is -3.35. The first kappa shape index (κ1) is 20.0. The number of aromatic hydroxyl groups is 2. The molecule has 144 valence electrons. The molecule has 7 heteroatoms. The maximum absolute atomic E-state index is 12.9. The third-order valence-electron chi connectivity index (χ3n) is 4.02. The first-order chi connectivity index (χ1) is 12.9. The van der Waals surface area contributed by atoms with Gasteiger partial charge in [0, 0.05) is 12.5 Å². The summed E-state index contributed by atoms with van der Waals surface area (Å²) < 4.78 is 20.7. The van der Waals surface area contributed by atoms with Crippen molar-refractivity contribution in [1.29, 1.82) is 0 Å². The van der Waals surface area contributed by atoms with Crippen LogP contribution >= 0.6 is 0 Å². The molecule has 0 heterocycles. The molecule has 0 aliphatic heterocycles. The molecular weight excluding hydrogens is 352 g/mol. The number of Topliss-reactive ketones (excluding diaryl/α,β-unsaturated/α-hetero) is 1. The average Bonchev–Trinajstić information content (AvgIpc) is 2.66. The highest BCUT2D eigenvalue weighted by molar-refractivity contribution is 6.12. The van der Waals surface area contributed by atoms with Crippen LogP contribution in [0.15, 0.2) is 36.4 Å². The molecule has 0 radical (unpaired) electrons. The molecule has 0 aliphatic carbocycles. The van der Waals surface area contributed by atoms with Crippen molar-refractivity contribution >= 4 is 5.78 Å². The van der Waals surface area contributed by atoms with E-state index in [1.807, 2.05) is 0 Å². The van der Waals surface area contributed by atoms with Crippen molar-refractivity contribution in [3.63, 3.8) is 0 Å². The van der Waals surface area contributed by atoms with E-state index >= 15 is 0 Å². The molecule has 2 N–H and O–H groups in total.